The smallest absolute Gasteiger partial charge is 0.0648 e. The lowest BCUT2D eigenvalue weighted by molar-refractivity contribution is 0.386. The minimum absolute atomic E-state index is 0.478. The molecule has 1 heterocycles. The van der Waals surface area contributed by atoms with Crippen molar-refractivity contribution >= 4 is 11.8 Å². The number of nitrogens with one attached hydrogen (secondary N) is 1. The van der Waals surface area contributed by atoms with E-state index >= 15 is 0 Å². The molecule has 1 aliphatic heterocycles. The SMILES string of the molecule is CCC1CSC2(CCCC(C)CC2)N1. The Morgan fingerprint density at radius 3 is 2.93 bits per heavy atom. The van der Waals surface area contributed by atoms with Gasteiger partial charge in [0.05, 0.1) is 4.87 Å². The average Bonchev–Trinajstić information content (AvgIpc) is 2.50. The highest BCUT2D eigenvalue weighted by Crippen LogP contribution is 2.42. The topological polar surface area (TPSA) is 12.0 Å². The monoisotopic (exact) mass is 213 g/mol. The predicted octanol–water partition coefficient (Wildman–Crippen LogP) is 3.40. The summed E-state index contributed by atoms with van der Waals surface area (Å²) in [5.41, 5.74) is 0. The van der Waals surface area contributed by atoms with Crippen molar-refractivity contribution in [1.82, 2.24) is 5.32 Å². The van der Waals surface area contributed by atoms with Gasteiger partial charge < -0.3 is 0 Å². The van der Waals surface area contributed by atoms with Crippen LogP contribution in [0.4, 0.5) is 0 Å². The van der Waals surface area contributed by atoms with Crippen LogP contribution in [-0.4, -0.2) is 16.7 Å². The molecule has 1 nitrogen and oxygen atoms in total. The Morgan fingerprint density at radius 2 is 2.21 bits per heavy atom. The lowest BCUT2D eigenvalue weighted by atomic mass is 10.0. The Balaban J connectivity index is 1.95. The van der Waals surface area contributed by atoms with Crippen molar-refractivity contribution in [3.05, 3.63) is 0 Å². The summed E-state index contributed by atoms with van der Waals surface area (Å²) in [7, 11) is 0. The zero-order chi connectivity index (χ0) is 10.0. The fourth-order valence-electron chi connectivity index (χ4n) is 2.71. The van der Waals surface area contributed by atoms with Gasteiger partial charge in [-0.1, -0.05) is 26.7 Å². The van der Waals surface area contributed by atoms with Crippen LogP contribution in [0.25, 0.3) is 0 Å². The molecule has 2 heteroatoms. The molecule has 82 valence electrons. The average molecular weight is 213 g/mol. The van der Waals surface area contributed by atoms with E-state index in [-0.39, 0.29) is 0 Å². The molecule has 0 amide bonds. The Kier molecular flexibility index (Phi) is 3.43. The molecule has 1 saturated heterocycles. The van der Waals surface area contributed by atoms with E-state index in [1.165, 1.54) is 44.3 Å². The Bertz CT molecular complexity index is 195. The Morgan fingerprint density at radius 1 is 1.36 bits per heavy atom. The van der Waals surface area contributed by atoms with Crippen LogP contribution in [-0.2, 0) is 0 Å². The first-order valence-corrected chi connectivity index (χ1v) is 7.14. The van der Waals surface area contributed by atoms with Gasteiger partial charge in [-0.15, -0.1) is 11.8 Å². The number of hydrogen-bond donors (Lipinski definition) is 1. The highest BCUT2D eigenvalue weighted by molar-refractivity contribution is 8.00. The summed E-state index contributed by atoms with van der Waals surface area (Å²) in [6, 6.07) is 0.786. The van der Waals surface area contributed by atoms with Crippen molar-refractivity contribution in [2.45, 2.75) is 63.3 Å². The molecule has 2 aliphatic rings. The molecule has 1 saturated carbocycles. The van der Waals surface area contributed by atoms with Gasteiger partial charge in [-0.2, -0.15) is 0 Å². The zero-order valence-electron chi connectivity index (χ0n) is 9.51. The molecule has 14 heavy (non-hydrogen) atoms. The van der Waals surface area contributed by atoms with Crippen molar-refractivity contribution in [3.63, 3.8) is 0 Å². The third-order valence-electron chi connectivity index (χ3n) is 3.84. The highest BCUT2D eigenvalue weighted by atomic mass is 32.2. The maximum Gasteiger partial charge on any atom is 0.0648 e. The molecule has 1 N–H and O–H groups in total. The largest absolute Gasteiger partial charge is 0.299 e. The van der Waals surface area contributed by atoms with E-state index < -0.39 is 0 Å². The van der Waals surface area contributed by atoms with Crippen LogP contribution in [0.5, 0.6) is 0 Å². The van der Waals surface area contributed by atoms with Gasteiger partial charge in [0.2, 0.25) is 0 Å². The van der Waals surface area contributed by atoms with Crippen molar-refractivity contribution < 1.29 is 0 Å². The van der Waals surface area contributed by atoms with Crippen LogP contribution in [0.3, 0.4) is 0 Å². The third-order valence-corrected chi connectivity index (χ3v) is 5.49. The lowest BCUT2D eigenvalue weighted by Gasteiger charge is -2.28. The van der Waals surface area contributed by atoms with E-state index in [2.05, 4.69) is 30.9 Å². The van der Waals surface area contributed by atoms with Gasteiger partial charge >= 0.3 is 0 Å². The fraction of sp³-hybridized carbons (Fsp3) is 1.00. The molecule has 1 spiro atoms. The number of rotatable bonds is 1. The lowest BCUT2D eigenvalue weighted by Crippen LogP contribution is -2.41. The third kappa shape index (κ3) is 2.27. The second-order valence-electron chi connectivity index (χ2n) is 5.09. The van der Waals surface area contributed by atoms with Gasteiger partial charge in [0.1, 0.15) is 0 Å². The van der Waals surface area contributed by atoms with Gasteiger partial charge in [0, 0.05) is 11.8 Å². The van der Waals surface area contributed by atoms with Crippen LogP contribution in [0.1, 0.15) is 52.4 Å². The van der Waals surface area contributed by atoms with E-state index in [1.807, 2.05) is 0 Å². The second-order valence-corrected chi connectivity index (χ2v) is 6.49. The molecule has 0 bridgehead atoms. The van der Waals surface area contributed by atoms with Gasteiger partial charge in [-0.25, -0.2) is 0 Å². The van der Waals surface area contributed by atoms with Gasteiger partial charge in [-0.05, 0) is 31.6 Å². The summed E-state index contributed by atoms with van der Waals surface area (Å²) >= 11 is 2.20. The van der Waals surface area contributed by atoms with Crippen molar-refractivity contribution in [3.8, 4) is 0 Å². The molecule has 1 aliphatic carbocycles. The van der Waals surface area contributed by atoms with Gasteiger partial charge in [0.25, 0.3) is 0 Å². The summed E-state index contributed by atoms with van der Waals surface area (Å²) in [4.78, 5) is 0.478. The maximum atomic E-state index is 3.88. The molecule has 0 aromatic carbocycles. The van der Waals surface area contributed by atoms with Crippen LogP contribution < -0.4 is 5.32 Å². The van der Waals surface area contributed by atoms with Crippen LogP contribution in [0, 0.1) is 5.92 Å². The minimum atomic E-state index is 0.478. The second kappa shape index (κ2) is 4.44. The minimum Gasteiger partial charge on any atom is -0.299 e. The van der Waals surface area contributed by atoms with E-state index in [1.54, 1.807) is 0 Å². The summed E-state index contributed by atoms with van der Waals surface area (Å²) in [6.45, 7) is 4.71. The van der Waals surface area contributed by atoms with E-state index in [0.29, 0.717) is 4.87 Å². The Labute approximate surface area is 92.4 Å². The van der Waals surface area contributed by atoms with Crippen molar-refractivity contribution in [2.24, 2.45) is 5.92 Å². The molecule has 2 rings (SSSR count). The first-order chi connectivity index (χ1) is 6.74. The van der Waals surface area contributed by atoms with Crippen LogP contribution in [0.15, 0.2) is 0 Å². The van der Waals surface area contributed by atoms with Crippen molar-refractivity contribution in [1.29, 1.82) is 0 Å². The molecule has 0 aromatic heterocycles. The number of hydrogen-bond acceptors (Lipinski definition) is 2. The van der Waals surface area contributed by atoms with Crippen LogP contribution >= 0.6 is 11.8 Å². The first kappa shape index (κ1) is 10.8. The van der Waals surface area contributed by atoms with Gasteiger partial charge in [0.15, 0.2) is 0 Å². The van der Waals surface area contributed by atoms with Crippen LogP contribution in [0.2, 0.25) is 0 Å². The molecule has 0 radical (unpaired) electrons. The zero-order valence-corrected chi connectivity index (χ0v) is 10.3. The molecular formula is C12H23NS. The standard InChI is InChI=1S/C12H23NS/c1-3-11-9-14-12(13-11)7-4-5-10(2)6-8-12/h10-11,13H,3-9H2,1-2H3. The van der Waals surface area contributed by atoms with E-state index in [9.17, 15) is 0 Å². The molecule has 3 unspecified atom stereocenters. The van der Waals surface area contributed by atoms with E-state index in [4.69, 9.17) is 0 Å². The maximum absolute atomic E-state index is 3.88. The first-order valence-electron chi connectivity index (χ1n) is 6.16. The molecular weight excluding hydrogens is 190 g/mol. The molecule has 0 aromatic rings. The van der Waals surface area contributed by atoms with E-state index in [0.717, 1.165) is 12.0 Å². The summed E-state index contributed by atoms with van der Waals surface area (Å²) < 4.78 is 0. The predicted molar refractivity (Wildman–Crippen MR) is 64.7 cm³/mol. The normalized spacial score (nSPS) is 44.1. The number of thioether (sulfide) groups is 1. The molecule has 2 fully saturated rings. The molecule has 3 atom stereocenters. The quantitative estimate of drug-likeness (QED) is 0.716. The fourth-order valence-corrected chi connectivity index (χ4v) is 4.35. The Hall–Kier alpha value is 0.310. The van der Waals surface area contributed by atoms with Crippen molar-refractivity contribution in [2.75, 3.05) is 5.75 Å². The highest BCUT2D eigenvalue weighted by Gasteiger charge is 2.39. The summed E-state index contributed by atoms with van der Waals surface area (Å²) in [5, 5.41) is 3.88. The summed E-state index contributed by atoms with van der Waals surface area (Å²) in [5.74, 6) is 2.29. The van der Waals surface area contributed by atoms with Gasteiger partial charge in [-0.3, -0.25) is 5.32 Å². The summed E-state index contributed by atoms with van der Waals surface area (Å²) in [6.07, 6.45) is 8.40.